The van der Waals surface area contributed by atoms with Crippen LogP contribution in [0.1, 0.15) is 30.9 Å². The topological polar surface area (TPSA) is 108 Å². The van der Waals surface area contributed by atoms with Crippen LogP contribution in [-0.2, 0) is 26.2 Å². The number of hydrogen-bond acceptors (Lipinski definition) is 5. The number of amides is 2. The molecule has 156 valence electrons. The van der Waals surface area contributed by atoms with Gasteiger partial charge < -0.3 is 10.2 Å². The van der Waals surface area contributed by atoms with E-state index in [1.54, 1.807) is 30.0 Å². The Balaban J connectivity index is 1.43. The standard InChI is InChI=1S/C21H22N4O4S/c1-14(23-20-17-8-2-3-9-18(17)30(28,29)24-20)21(27)22-13-15-6-4-7-16(12-15)25-11-5-10-19(25)26/h2-4,6-9,12,14H,5,10-11,13H2,1H3,(H,22,27)(H,23,24)/t14-/m0/s1. The number of amidine groups is 1. The zero-order valence-electron chi connectivity index (χ0n) is 16.5. The fourth-order valence-corrected chi connectivity index (χ4v) is 4.81. The molecule has 2 aromatic carbocycles. The summed E-state index contributed by atoms with van der Waals surface area (Å²) in [7, 11) is -3.64. The van der Waals surface area contributed by atoms with Gasteiger partial charge >= 0.3 is 0 Å². The van der Waals surface area contributed by atoms with E-state index in [2.05, 4.69) is 15.0 Å². The van der Waals surface area contributed by atoms with E-state index >= 15 is 0 Å². The van der Waals surface area contributed by atoms with Crippen molar-refractivity contribution in [3.05, 3.63) is 59.7 Å². The maximum absolute atomic E-state index is 12.5. The van der Waals surface area contributed by atoms with Gasteiger partial charge in [-0.2, -0.15) is 0 Å². The number of benzene rings is 2. The van der Waals surface area contributed by atoms with Gasteiger partial charge in [-0.1, -0.05) is 24.3 Å². The van der Waals surface area contributed by atoms with Crippen molar-refractivity contribution >= 4 is 33.4 Å². The molecule has 0 aromatic heterocycles. The minimum Gasteiger partial charge on any atom is -0.350 e. The van der Waals surface area contributed by atoms with Gasteiger partial charge in [0.1, 0.15) is 11.9 Å². The molecule has 1 fully saturated rings. The molecule has 2 N–H and O–H groups in total. The van der Waals surface area contributed by atoms with Crippen molar-refractivity contribution in [1.29, 1.82) is 0 Å². The summed E-state index contributed by atoms with van der Waals surface area (Å²) in [6.07, 6.45) is 1.41. The van der Waals surface area contributed by atoms with E-state index in [1.807, 2.05) is 24.3 Å². The van der Waals surface area contributed by atoms with Crippen molar-refractivity contribution in [3.8, 4) is 0 Å². The first kappa shape index (κ1) is 20.1. The lowest BCUT2D eigenvalue weighted by Crippen LogP contribution is -2.33. The summed E-state index contributed by atoms with van der Waals surface area (Å²) < 4.78 is 26.7. The molecule has 0 spiro atoms. The van der Waals surface area contributed by atoms with Gasteiger partial charge in [0.25, 0.3) is 10.0 Å². The molecule has 2 aliphatic heterocycles. The SMILES string of the molecule is C[C@H](N=C1NS(=O)(=O)c2ccccc21)C(=O)NCc1cccc(N2CCCC2=O)c1. The second kappa shape index (κ2) is 7.91. The number of fused-ring (bicyclic) bond motifs is 1. The van der Waals surface area contributed by atoms with Gasteiger partial charge in [0, 0.05) is 30.8 Å². The van der Waals surface area contributed by atoms with Crippen molar-refractivity contribution < 1.29 is 18.0 Å². The van der Waals surface area contributed by atoms with Gasteiger partial charge in [-0.15, -0.1) is 0 Å². The third kappa shape index (κ3) is 3.93. The summed E-state index contributed by atoms with van der Waals surface area (Å²) >= 11 is 0. The summed E-state index contributed by atoms with van der Waals surface area (Å²) in [4.78, 5) is 30.6. The minimum atomic E-state index is -3.64. The van der Waals surface area contributed by atoms with Gasteiger partial charge in [0.2, 0.25) is 11.8 Å². The fraction of sp³-hybridized carbons (Fsp3) is 0.286. The first-order chi connectivity index (χ1) is 14.3. The smallest absolute Gasteiger partial charge is 0.263 e. The Morgan fingerprint density at radius 1 is 1.23 bits per heavy atom. The van der Waals surface area contributed by atoms with Crippen LogP contribution in [0.3, 0.4) is 0 Å². The van der Waals surface area contributed by atoms with E-state index in [-0.39, 0.29) is 29.1 Å². The molecule has 0 bridgehead atoms. The quantitative estimate of drug-likeness (QED) is 0.756. The zero-order valence-corrected chi connectivity index (χ0v) is 17.3. The molecule has 1 saturated heterocycles. The van der Waals surface area contributed by atoms with Crippen LogP contribution in [0.2, 0.25) is 0 Å². The number of anilines is 1. The van der Waals surface area contributed by atoms with E-state index in [0.717, 1.165) is 17.7 Å². The minimum absolute atomic E-state index is 0.111. The van der Waals surface area contributed by atoms with Crippen molar-refractivity contribution in [3.63, 3.8) is 0 Å². The van der Waals surface area contributed by atoms with Crippen LogP contribution < -0.4 is 14.9 Å². The number of carbonyl (C=O) groups excluding carboxylic acids is 2. The Kier molecular flexibility index (Phi) is 5.29. The Morgan fingerprint density at radius 2 is 2.03 bits per heavy atom. The second-order valence-corrected chi connectivity index (χ2v) is 8.94. The monoisotopic (exact) mass is 426 g/mol. The largest absolute Gasteiger partial charge is 0.350 e. The van der Waals surface area contributed by atoms with Crippen LogP contribution in [0, 0.1) is 0 Å². The normalized spacial score (nSPS) is 19.4. The van der Waals surface area contributed by atoms with Crippen LogP contribution in [-0.4, -0.2) is 38.7 Å². The summed E-state index contributed by atoms with van der Waals surface area (Å²) in [5.74, 6) is -0.0450. The molecule has 0 radical (unpaired) electrons. The van der Waals surface area contributed by atoms with Crippen molar-refractivity contribution in [2.75, 3.05) is 11.4 Å². The average Bonchev–Trinajstić information content (AvgIpc) is 3.27. The van der Waals surface area contributed by atoms with Crippen LogP contribution in [0.5, 0.6) is 0 Å². The molecular formula is C21H22N4O4S. The zero-order chi connectivity index (χ0) is 21.3. The highest BCUT2D eigenvalue weighted by Gasteiger charge is 2.31. The van der Waals surface area contributed by atoms with E-state index in [0.29, 0.717) is 18.5 Å². The molecule has 9 heteroatoms. The molecule has 4 rings (SSSR count). The lowest BCUT2D eigenvalue weighted by molar-refractivity contribution is -0.122. The summed E-state index contributed by atoms with van der Waals surface area (Å²) in [5, 5.41) is 2.82. The van der Waals surface area contributed by atoms with Gasteiger partial charge in [-0.05, 0) is 43.2 Å². The van der Waals surface area contributed by atoms with E-state index in [1.165, 1.54) is 6.07 Å². The number of nitrogens with zero attached hydrogens (tertiary/aromatic N) is 2. The number of carbonyl (C=O) groups is 2. The highest BCUT2D eigenvalue weighted by atomic mass is 32.2. The summed E-state index contributed by atoms with van der Waals surface area (Å²) in [6, 6.07) is 13.2. The third-order valence-electron chi connectivity index (χ3n) is 5.13. The average molecular weight is 426 g/mol. The lowest BCUT2D eigenvalue weighted by Gasteiger charge is -2.17. The highest BCUT2D eigenvalue weighted by Crippen LogP contribution is 2.23. The third-order valence-corrected chi connectivity index (χ3v) is 6.52. The fourth-order valence-electron chi connectivity index (χ4n) is 3.57. The molecule has 2 amide bonds. The second-order valence-electron chi connectivity index (χ2n) is 7.29. The number of rotatable bonds is 5. The van der Waals surface area contributed by atoms with E-state index in [4.69, 9.17) is 0 Å². The van der Waals surface area contributed by atoms with Crippen LogP contribution >= 0.6 is 0 Å². The molecule has 0 unspecified atom stereocenters. The molecule has 8 nitrogen and oxygen atoms in total. The first-order valence-corrected chi connectivity index (χ1v) is 11.2. The van der Waals surface area contributed by atoms with Crippen molar-refractivity contribution in [2.24, 2.45) is 4.99 Å². The predicted octanol–water partition coefficient (Wildman–Crippen LogP) is 1.56. The first-order valence-electron chi connectivity index (χ1n) is 9.72. The van der Waals surface area contributed by atoms with Crippen molar-refractivity contribution in [2.45, 2.75) is 37.2 Å². The molecule has 2 heterocycles. The Labute approximate surface area is 175 Å². The molecule has 2 aliphatic rings. The van der Waals surface area contributed by atoms with Gasteiger partial charge in [0.15, 0.2) is 0 Å². The maximum atomic E-state index is 12.5. The van der Waals surface area contributed by atoms with Gasteiger partial charge in [-0.3, -0.25) is 19.3 Å². The van der Waals surface area contributed by atoms with E-state index in [9.17, 15) is 18.0 Å². The molecule has 30 heavy (non-hydrogen) atoms. The highest BCUT2D eigenvalue weighted by molar-refractivity contribution is 7.90. The number of aliphatic imine (C=N–C) groups is 1. The van der Waals surface area contributed by atoms with E-state index < -0.39 is 16.1 Å². The molecule has 1 atom stereocenters. The molecule has 2 aromatic rings. The molecular weight excluding hydrogens is 404 g/mol. The summed E-state index contributed by atoms with van der Waals surface area (Å²) in [6.45, 7) is 2.60. The van der Waals surface area contributed by atoms with Crippen LogP contribution in [0.4, 0.5) is 5.69 Å². The Bertz CT molecular complexity index is 1140. The number of hydrogen-bond donors (Lipinski definition) is 2. The molecule has 0 saturated carbocycles. The lowest BCUT2D eigenvalue weighted by atomic mass is 10.1. The van der Waals surface area contributed by atoms with Gasteiger partial charge in [-0.25, -0.2) is 8.42 Å². The number of sulfonamides is 1. The van der Waals surface area contributed by atoms with Gasteiger partial charge in [0.05, 0.1) is 4.90 Å². The van der Waals surface area contributed by atoms with Crippen molar-refractivity contribution in [1.82, 2.24) is 10.0 Å². The number of nitrogens with one attached hydrogen (secondary N) is 2. The Hall–Kier alpha value is -3.20. The van der Waals surface area contributed by atoms with Crippen LogP contribution in [0.25, 0.3) is 0 Å². The Morgan fingerprint density at radius 3 is 2.80 bits per heavy atom. The molecule has 0 aliphatic carbocycles. The maximum Gasteiger partial charge on any atom is 0.263 e. The van der Waals surface area contributed by atoms with Crippen LogP contribution in [0.15, 0.2) is 58.4 Å². The predicted molar refractivity (Wildman–Crippen MR) is 113 cm³/mol. The summed E-state index contributed by atoms with van der Waals surface area (Å²) in [5.41, 5.74) is 2.15.